The smallest absolute Gasteiger partial charge is 0.393 e. The van der Waals surface area contributed by atoms with Crippen molar-refractivity contribution in [2.75, 3.05) is 5.32 Å². The number of rotatable bonds is 4. The highest BCUT2D eigenvalue weighted by molar-refractivity contribution is 7.18. The first-order valence-corrected chi connectivity index (χ1v) is 11.4. The first-order valence-electron chi connectivity index (χ1n) is 10.6. The zero-order chi connectivity index (χ0) is 24.0. The fraction of sp³-hybridized carbons (Fsp3) is 0.435. The van der Waals surface area contributed by atoms with Crippen molar-refractivity contribution in [3.63, 3.8) is 0 Å². The molecule has 0 aliphatic heterocycles. The lowest BCUT2D eigenvalue weighted by molar-refractivity contribution is -0.141. The van der Waals surface area contributed by atoms with Gasteiger partial charge >= 0.3 is 6.18 Å². The molecule has 6 nitrogen and oxygen atoms in total. The number of carbonyl (C=O) groups is 1. The van der Waals surface area contributed by atoms with Gasteiger partial charge in [0.25, 0.3) is 5.91 Å². The lowest BCUT2D eigenvalue weighted by Gasteiger charge is -2.23. The van der Waals surface area contributed by atoms with E-state index < -0.39 is 23.4 Å². The molecule has 2 heterocycles. The molecule has 0 unspecified atom stereocenters. The van der Waals surface area contributed by atoms with Crippen LogP contribution in [0.4, 0.5) is 18.9 Å². The molecule has 0 spiro atoms. The van der Waals surface area contributed by atoms with E-state index in [1.807, 2.05) is 0 Å². The van der Waals surface area contributed by atoms with E-state index in [1.54, 1.807) is 26.0 Å². The van der Waals surface area contributed by atoms with Crippen LogP contribution in [0.2, 0.25) is 0 Å². The van der Waals surface area contributed by atoms with E-state index in [0.717, 1.165) is 47.5 Å². The van der Waals surface area contributed by atoms with Gasteiger partial charge in [-0.3, -0.25) is 4.79 Å². The van der Waals surface area contributed by atoms with E-state index in [-0.39, 0.29) is 23.4 Å². The van der Waals surface area contributed by atoms with E-state index >= 15 is 0 Å². The quantitative estimate of drug-likeness (QED) is 0.478. The number of benzene rings is 1. The molecule has 0 saturated heterocycles. The van der Waals surface area contributed by atoms with Crippen molar-refractivity contribution in [3.8, 4) is 0 Å². The Morgan fingerprint density at radius 2 is 1.82 bits per heavy atom. The van der Waals surface area contributed by atoms with Crippen LogP contribution in [0, 0.1) is 0 Å². The van der Waals surface area contributed by atoms with Gasteiger partial charge in [-0.05, 0) is 63.8 Å². The summed E-state index contributed by atoms with van der Waals surface area (Å²) in [6.45, 7) is 3.12. The Morgan fingerprint density at radius 1 is 1.12 bits per heavy atom. The third-order valence-corrected chi connectivity index (χ3v) is 6.95. The summed E-state index contributed by atoms with van der Waals surface area (Å²) in [5.74, 6) is -0.569. The van der Waals surface area contributed by atoms with Crippen LogP contribution >= 0.6 is 11.3 Å². The number of fused-ring (bicyclic) bond motifs is 1. The maximum Gasteiger partial charge on any atom is 0.433 e. The highest BCUT2D eigenvalue weighted by Crippen LogP contribution is 2.40. The van der Waals surface area contributed by atoms with Crippen molar-refractivity contribution in [3.05, 3.63) is 52.3 Å². The van der Waals surface area contributed by atoms with Crippen molar-refractivity contribution in [1.82, 2.24) is 9.97 Å². The maximum atomic E-state index is 13.0. The van der Waals surface area contributed by atoms with Crippen molar-refractivity contribution < 1.29 is 28.2 Å². The number of hydrogen-bond acceptors (Lipinski definition) is 6. The molecule has 33 heavy (non-hydrogen) atoms. The minimum Gasteiger partial charge on any atom is -0.393 e. The van der Waals surface area contributed by atoms with E-state index in [2.05, 4.69) is 10.3 Å². The number of thiazole rings is 1. The van der Waals surface area contributed by atoms with E-state index in [9.17, 15) is 28.2 Å². The van der Waals surface area contributed by atoms with Gasteiger partial charge in [0, 0.05) is 17.2 Å². The fourth-order valence-corrected chi connectivity index (χ4v) is 5.16. The molecule has 0 atom stereocenters. The van der Waals surface area contributed by atoms with Gasteiger partial charge < -0.3 is 15.5 Å². The molecule has 1 aliphatic carbocycles. The molecule has 1 amide bonds. The van der Waals surface area contributed by atoms with Crippen LogP contribution in [-0.4, -0.2) is 32.2 Å². The SMILES string of the molecule is CC(C)(O)c1cc2nc(C3CCC(O)CC3)sc2cc1NC(=O)c1cccc(C(F)(F)F)n1. The summed E-state index contributed by atoms with van der Waals surface area (Å²) < 4.78 is 39.7. The summed E-state index contributed by atoms with van der Waals surface area (Å²) >= 11 is 1.48. The van der Waals surface area contributed by atoms with Gasteiger partial charge in [0.2, 0.25) is 0 Å². The molecule has 1 aliphatic rings. The van der Waals surface area contributed by atoms with Crippen LogP contribution in [0.15, 0.2) is 30.3 Å². The Balaban J connectivity index is 1.68. The second kappa shape index (κ2) is 8.66. The number of aliphatic hydroxyl groups is 2. The Kier molecular flexibility index (Phi) is 6.19. The Bertz CT molecular complexity index is 1180. The summed E-state index contributed by atoms with van der Waals surface area (Å²) in [4.78, 5) is 20.9. The summed E-state index contributed by atoms with van der Waals surface area (Å²) in [5.41, 5.74) is -1.51. The predicted molar refractivity (Wildman–Crippen MR) is 119 cm³/mol. The molecule has 2 aromatic heterocycles. The normalized spacial score (nSPS) is 19.6. The second-order valence-corrected chi connectivity index (χ2v) is 9.90. The van der Waals surface area contributed by atoms with Crippen LogP contribution in [-0.2, 0) is 11.8 Å². The number of nitrogens with zero attached hydrogens (tertiary/aromatic N) is 2. The number of amides is 1. The first kappa shape index (κ1) is 23.6. The third kappa shape index (κ3) is 5.18. The van der Waals surface area contributed by atoms with Crippen molar-refractivity contribution in [2.45, 2.75) is 63.3 Å². The fourth-order valence-electron chi connectivity index (χ4n) is 4.00. The van der Waals surface area contributed by atoms with Gasteiger partial charge in [0.05, 0.1) is 26.9 Å². The highest BCUT2D eigenvalue weighted by atomic mass is 32.1. The van der Waals surface area contributed by atoms with Crippen LogP contribution in [0.5, 0.6) is 0 Å². The van der Waals surface area contributed by atoms with Crippen LogP contribution in [0.25, 0.3) is 10.2 Å². The largest absolute Gasteiger partial charge is 0.433 e. The maximum absolute atomic E-state index is 13.0. The molecular formula is C23H24F3N3O3S. The van der Waals surface area contributed by atoms with Gasteiger partial charge in [-0.25, -0.2) is 9.97 Å². The Labute approximate surface area is 192 Å². The molecule has 4 rings (SSSR count). The molecule has 0 radical (unpaired) electrons. The summed E-state index contributed by atoms with van der Waals surface area (Å²) in [5, 5.41) is 24.0. The molecule has 1 fully saturated rings. The zero-order valence-electron chi connectivity index (χ0n) is 18.1. The van der Waals surface area contributed by atoms with Crippen LogP contribution < -0.4 is 5.32 Å². The van der Waals surface area contributed by atoms with Gasteiger partial charge in [-0.15, -0.1) is 11.3 Å². The number of aliphatic hydroxyl groups excluding tert-OH is 1. The van der Waals surface area contributed by atoms with Crippen LogP contribution in [0.3, 0.4) is 0 Å². The lowest BCUT2D eigenvalue weighted by Crippen LogP contribution is -2.22. The number of alkyl halides is 3. The van der Waals surface area contributed by atoms with Crippen LogP contribution in [0.1, 0.15) is 72.2 Å². The molecular weight excluding hydrogens is 455 g/mol. The van der Waals surface area contributed by atoms with Crippen molar-refractivity contribution >= 4 is 33.1 Å². The minimum absolute atomic E-state index is 0.240. The van der Waals surface area contributed by atoms with Crippen molar-refractivity contribution in [2.24, 2.45) is 0 Å². The number of anilines is 1. The minimum atomic E-state index is -4.67. The monoisotopic (exact) mass is 479 g/mol. The lowest BCUT2D eigenvalue weighted by atomic mass is 9.88. The Morgan fingerprint density at radius 3 is 2.45 bits per heavy atom. The molecule has 0 bridgehead atoms. The number of halogens is 3. The molecule has 1 saturated carbocycles. The average molecular weight is 480 g/mol. The standard InChI is InChI=1S/C23H24F3N3O3S/c1-22(2,32)14-10-17-18(33-21(29-17)12-6-8-13(30)9-7-12)11-16(14)28-20(31)15-4-3-5-19(27-15)23(24,25)26/h3-5,10-13,30,32H,6-9H2,1-2H3,(H,28,31). The van der Waals surface area contributed by atoms with Gasteiger partial charge in [0.15, 0.2) is 0 Å². The number of aromatic nitrogens is 2. The topological polar surface area (TPSA) is 95.3 Å². The predicted octanol–water partition coefficient (Wildman–Crippen LogP) is 5.21. The van der Waals surface area contributed by atoms with Crippen molar-refractivity contribution in [1.29, 1.82) is 0 Å². The molecule has 3 N–H and O–H groups in total. The average Bonchev–Trinajstić information content (AvgIpc) is 3.15. The molecule has 1 aromatic carbocycles. The van der Waals surface area contributed by atoms with Gasteiger partial charge in [0.1, 0.15) is 11.4 Å². The number of hydrogen-bond donors (Lipinski definition) is 3. The number of nitrogens with one attached hydrogen (secondary N) is 1. The highest BCUT2D eigenvalue weighted by Gasteiger charge is 2.33. The summed E-state index contributed by atoms with van der Waals surface area (Å²) in [6.07, 6.45) is -1.82. The van der Waals surface area contributed by atoms with Gasteiger partial charge in [-0.1, -0.05) is 6.07 Å². The summed E-state index contributed by atoms with van der Waals surface area (Å²) in [6, 6.07) is 6.51. The van der Waals surface area contributed by atoms with E-state index in [4.69, 9.17) is 4.98 Å². The van der Waals surface area contributed by atoms with E-state index in [0.29, 0.717) is 11.1 Å². The first-order chi connectivity index (χ1) is 15.4. The van der Waals surface area contributed by atoms with E-state index in [1.165, 1.54) is 17.4 Å². The van der Waals surface area contributed by atoms with Gasteiger partial charge in [-0.2, -0.15) is 13.2 Å². The zero-order valence-corrected chi connectivity index (χ0v) is 18.9. The number of carbonyl (C=O) groups excluding carboxylic acids is 1. The summed E-state index contributed by atoms with van der Waals surface area (Å²) in [7, 11) is 0. The third-order valence-electron chi connectivity index (χ3n) is 5.77. The second-order valence-electron chi connectivity index (χ2n) is 8.84. The molecule has 176 valence electrons. The number of pyridine rings is 1. The molecule has 10 heteroatoms. The Hall–Kier alpha value is -2.56. The molecule has 3 aromatic rings.